The minimum absolute atomic E-state index is 0. The van der Waals surface area contributed by atoms with Crippen LogP contribution in [0.1, 0.15) is 11.1 Å². The van der Waals surface area contributed by atoms with Crippen LogP contribution in [0.15, 0.2) is 79.0 Å². The Morgan fingerprint density at radius 3 is 2.17 bits per heavy atom. The van der Waals surface area contributed by atoms with E-state index in [1.54, 1.807) is 14.2 Å². The molecule has 0 aliphatic heterocycles. The number of ether oxygens (including phenoxy) is 4. The molecule has 0 amide bonds. The van der Waals surface area contributed by atoms with Gasteiger partial charge >= 0.3 is 0 Å². The Kier molecular flexibility index (Phi) is 11.5. The number of hydrogen-bond donors (Lipinski definition) is 0. The second-order valence-corrected chi connectivity index (χ2v) is 9.47. The van der Waals surface area contributed by atoms with Gasteiger partial charge in [-0.3, -0.25) is 0 Å². The summed E-state index contributed by atoms with van der Waals surface area (Å²) in [7, 11) is 3.39. The lowest BCUT2D eigenvalue weighted by atomic mass is 10.1. The van der Waals surface area contributed by atoms with E-state index in [1.807, 2.05) is 0 Å². The lowest BCUT2D eigenvalue weighted by Gasteiger charge is -2.08. The molecule has 5 rings (SSSR count). The molecule has 40 heavy (non-hydrogen) atoms. The van der Waals surface area contributed by atoms with Gasteiger partial charge in [-0.1, -0.05) is 48.6 Å². The van der Waals surface area contributed by atoms with Gasteiger partial charge < -0.3 is 47.5 Å². The van der Waals surface area contributed by atoms with Crippen molar-refractivity contribution in [2.45, 2.75) is 13.1 Å². The smallest absolute Gasteiger partial charge is 0.213 e. The molecule has 2 heterocycles. The lowest BCUT2D eigenvalue weighted by Crippen LogP contribution is -3.00. The predicted molar refractivity (Wildman–Crippen MR) is 158 cm³/mol. The zero-order chi connectivity index (χ0) is 26.9. The summed E-state index contributed by atoms with van der Waals surface area (Å²) < 4.78 is 26.2. The van der Waals surface area contributed by atoms with E-state index in [9.17, 15) is 0 Å². The summed E-state index contributed by atoms with van der Waals surface area (Å²) in [5.41, 5.74) is 6.02. The number of halogens is 1. The number of pyridine rings is 1. The Bertz CT molecular complexity index is 1560. The van der Waals surface area contributed by atoms with Crippen molar-refractivity contribution in [1.82, 2.24) is 4.57 Å². The van der Waals surface area contributed by atoms with Gasteiger partial charge in [0.1, 0.15) is 6.61 Å². The first kappa shape index (κ1) is 30.1. The van der Waals surface area contributed by atoms with Crippen molar-refractivity contribution in [2.24, 2.45) is 0 Å². The molecule has 0 fully saturated rings. The fraction of sp³-hybridized carbons (Fsp3) is 0.303. The van der Waals surface area contributed by atoms with Gasteiger partial charge in [0.25, 0.3) is 0 Å². The lowest BCUT2D eigenvalue weighted by molar-refractivity contribution is -0.673. The minimum atomic E-state index is 0. The first-order chi connectivity index (χ1) is 19.3. The molecule has 0 N–H and O–H groups in total. The fourth-order valence-electron chi connectivity index (χ4n) is 5.06. The number of methoxy groups -OCH3 is 2. The quantitative estimate of drug-likeness (QED) is 0.105. The van der Waals surface area contributed by atoms with Gasteiger partial charge in [-0.05, 0) is 35.4 Å². The highest BCUT2D eigenvalue weighted by Gasteiger charge is 2.12. The molecule has 0 spiro atoms. The normalized spacial score (nSPS) is 11.7. The van der Waals surface area contributed by atoms with Gasteiger partial charge in [0.15, 0.2) is 12.7 Å². The molecule has 0 saturated carbocycles. The Balaban J connectivity index is 0.00000370. The van der Waals surface area contributed by atoms with Gasteiger partial charge in [-0.2, -0.15) is 4.57 Å². The third-order valence-corrected chi connectivity index (χ3v) is 7.01. The molecule has 7 heteroatoms. The molecule has 0 radical (unpaired) electrons. The van der Waals surface area contributed by atoms with Crippen LogP contribution in [0.3, 0.4) is 0 Å². The molecule has 210 valence electrons. The number of nitrogens with zero attached hydrogens (tertiary/aromatic N) is 2. The van der Waals surface area contributed by atoms with Crippen LogP contribution in [0.2, 0.25) is 0 Å². The zero-order valence-electron chi connectivity index (χ0n) is 23.2. The van der Waals surface area contributed by atoms with E-state index in [0.29, 0.717) is 39.6 Å². The van der Waals surface area contributed by atoms with Crippen LogP contribution in [-0.2, 0) is 32.0 Å². The van der Waals surface area contributed by atoms with Gasteiger partial charge in [0, 0.05) is 54.7 Å². The van der Waals surface area contributed by atoms with E-state index in [1.165, 1.54) is 43.8 Å². The number of para-hydroxylation sites is 2. The van der Waals surface area contributed by atoms with Gasteiger partial charge in [-0.25, -0.2) is 0 Å². The van der Waals surface area contributed by atoms with Crippen LogP contribution in [0.25, 0.3) is 44.9 Å². The molecule has 0 unspecified atom stereocenters. The van der Waals surface area contributed by atoms with E-state index in [-0.39, 0.29) is 24.0 Å². The molecule has 6 nitrogen and oxygen atoms in total. The third kappa shape index (κ3) is 7.08. The molecule has 3 aromatic carbocycles. The summed E-state index contributed by atoms with van der Waals surface area (Å²) in [6, 6.07) is 26.0. The average Bonchev–Trinajstić information content (AvgIpc) is 3.29. The maximum absolute atomic E-state index is 5.77. The highest BCUT2D eigenvalue weighted by Crippen LogP contribution is 2.30. The number of fused-ring (bicyclic) bond motifs is 4. The maximum Gasteiger partial charge on any atom is 0.213 e. The van der Waals surface area contributed by atoms with Crippen LogP contribution in [-0.4, -0.2) is 58.4 Å². The summed E-state index contributed by atoms with van der Waals surface area (Å²) in [6.07, 6.45) is 6.57. The summed E-state index contributed by atoms with van der Waals surface area (Å²) in [6.45, 7) is 5.36. The first-order valence-electron chi connectivity index (χ1n) is 13.5. The van der Waals surface area contributed by atoms with Crippen molar-refractivity contribution >= 4 is 44.9 Å². The summed E-state index contributed by atoms with van der Waals surface area (Å²) >= 11 is 0. The Labute approximate surface area is 253 Å². The second-order valence-electron chi connectivity index (χ2n) is 9.47. The standard InChI is InChI=1S/C33H37N2O4.HI/c1-36-21-23-38-19-17-34-16-15-27(28-7-3-5-9-31(28)34)13-11-26-12-14-33-30(25-26)29-8-4-6-10-32(29)35(33)18-20-39-24-22-37-2;/h3-16,25H,17-24H2,1-2H3;1H/q+1;/p-1. The monoisotopic (exact) mass is 652 g/mol. The fourth-order valence-corrected chi connectivity index (χ4v) is 5.06. The van der Waals surface area contributed by atoms with Gasteiger partial charge in [0.05, 0.1) is 38.4 Å². The molecular weight excluding hydrogens is 615 g/mol. The van der Waals surface area contributed by atoms with E-state index < -0.39 is 0 Å². The second kappa shape index (κ2) is 15.3. The largest absolute Gasteiger partial charge is 1.00 e. The maximum atomic E-state index is 5.77. The van der Waals surface area contributed by atoms with E-state index in [4.69, 9.17) is 18.9 Å². The highest BCUT2D eigenvalue weighted by atomic mass is 127. The van der Waals surface area contributed by atoms with Crippen molar-refractivity contribution < 1.29 is 47.5 Å². The molecule has 0 aliphatic rings. The van der Waals surface area contributed by atoms with E-state index >= 15 is 0 Å². The van der Waals surface area contributed by atoms with Crippen LogP contribution < -0.4 is 28.5 Å². The molecule has 0 aliphatic carbocycles. The Hall–Kier alpha value is -2.82. The van der Waals surface area contributed by atoms with Crippen LogP contribution in [0.5, 0.6) is 0 Å². The molecule has 5 aromatic rings. The molecule has 0 atom stereocenters. The molecule has 2 aromatic heterocycles. The van der Waals surface area contributed by atoms with Crippen molar-refractivity contribution in [3.8, 4) is 0 Å². The van der Waals surface area contributed by atoms with E-state index in [0.717, 1.165) is 13.1 Å². The Morgan fingerprint density at radius 2 is 1.38 bits per heavy atom. The van der Waals surface area contributed by atoms with Crippen molar-refractivity contribution in [3.05, 3.63) is 90.1 Å². The number of hydrogen-bond acceptors (Lipinski definition) is 4. The topological polar surface area (TPSA) is 45.7 Å². The van der Waals surface area contributed by atoms with Crippen LogP contribution in [0.4, 0.5) is 0 Å². The number of rotatable bonds is 14. The average molecular weight is 653 g/mol. The minimum Gasteiger partial charge on any atom is -1.00 e. The summed E-state index contributed by atoms with van der Waals surface area (Å²) in [5.74, 6) is 0. The first-order valence-corrected chi connectivity index (χ1v) is 13.5. The summed E-state index contributed by atoms with van der Waals surface area (Å²) in [5, 5.41) is 3.74. The van der Waals surface area contributed by atoms with Crippen molar-refractivity contribution in [1.29, 1.82) is 0 Å². The van der Waals surface area contributed by atoms with Crippen molar-refractivity contribution in [3.63, 3.8) is 0 Å². The summed E-state index contributed by atoms with van der Waals surface area (Å²) in [4.78, 5) is 0. The van der Waals surface area contributed by atoms with E-state index in [2.05, 4.69) is 100 Å². The predicted octanol–water partition coefficient (Wildman–Crippen LogP) is 2.74. The zero-order valence-corrected chi connectivity index (χ0v) is 25.4. The molecular formula is C33H37IN2O4. The SMILES string of the molecule is COCCOCCn1c2ccccc2c2cc(C=Cc3cc[n+](CCOCCOC)c4ccccc34)ccc21.[I-]. The number of aromatic nitrogens is 2. The molecule has 0 bridgehead atoms. The third-order valence-electron chi connectivity index (χ3n) is 7.01. The van der Waals surface area contributed by atoms with Crippen LogP contribution in [0, 0.1) is 0 Å². The van der Waals surface area contributed by atoms with Crippen molar-refractivity contribution in [2.75, 3.05) is 53.9 Å². The van der Waals surface area contributed by atoms with Gasteiger partial charge in [-0.15, -0.1) is 0 Å². The van der Waals surface area contributed by atoms with Gasteiger partial charge in [0.2, 0.25) is 5.52 Å². The Morgan fingerprint density at radius 1 is 0.675 bits per heavy atom. The highest BCUT2D eigenvalue weighted by molar-refractivity contribution is 6.08. The molecule has 0 saturated heterocycles. The number of benzene rings is 3. The van der Waals surface area contributed by atoms with Crippen LogP contribution >= 0.6 is 0 Å².